The summed E-state index contributed by atoms with van der Waals surface area (Å²) < 4.78 is 70.1. The maximum atomic E-state index is 14.8. The fraction of sp³-hybridized carbons (Fsp3) is 0.886. The largest absolute Gasteiger partial charge is 0.463 e. The molecule has 0 saturated carbocycles. The molecule has 0 radical (unpaired) electrons. The first kappa shape index (κ1) is 86.5. The number of carbonyl (C=O) groups excluding carboxylic acids is 8. The third-order valence-corrected chi connectivity index (χ3v) is 16.9. The second kappa shape index (κ2) is 50.7. The fourth-order valence-corrected chi connectivity index (χ4v) is 11.2. The van der Waals surface area contributed by atoms with Crippen molar-refractivity contribution in [3.63, 3.8) is 0 Å². The van der Waals surface area contributed by atoms with Crippen molar-refractivity contribution in [2.45, 2.75) is 378 Å². The number of rotatable bonds is 54. The summed E-state index contributed by atoms with van der Waals surface area (Å²) in [7, 11) is 0. The van der Waals surface area contributed by atoms with Gasteiger partial charge in [-0.05, 0) is 51.4 Å². The van der Waals surface area contributed by atoms with Gasteiger partial charge in [-0.2, -0.15) is 0 Å². The molecule has 2 rings (SSSR count). The average molecular weight is 1360 g/mol. The molecule has 0 amide bonds. The first-order chi connectivity index (χ1) is 45.7. The van der Waals surface area contributed by atoms with Crippen molar-refractivity contribution in [3.05, 3.63) is 0 Å². The van der Waals surface area contributed by atoms with Gasteiger partial charge in [0.2, 0.25) is 12.1 Å². The maximum Gasteiger partial charge on any atom is 0.306 e. The summed E-state index contributed by atoms with van der Waals surface area (Å²) in [6, 6.07) is 0. The molecule has 1 unspecified atom stereocenters. The highest BCUT2D eigenvalue weighted by molar-refractivity contribution is 5.73. The van der Waals surface area contributed by atoms with Crippen LogP contribution >= 0.6 is 0 Å². The molecule has 2 fully saturated rings. The summed E-state index contributed by atoms with van der Waals surface area (Å²) in [5.74, 6) is -10.7. The Hall–Kier alpha value is -4.60. The van der Waals surface area contributed by atoms with E-state index in [4.69, 9.17) is 52.1 Å². The second-order valence-corrected chi connectivity index (χ2v) is 25.3. The molecule has 95 heavy (non-hydrogen) atoms. The number of aliphatic hydroxyl groups is 6. The zero-order valence-electron chi connectivity index (χ0n) is 58.6. The molecule has 552 valence electrons. The fourth-order valence-electron chi connectivity index (χ4n) is 11.2. The van der Waals surface area contributed by atoms with Crippen molar-refractivity contribution in [2.24, 2.45) is 0 Å². The molecule has 15 atom stereocenters. The molecule has 25 heteroatoms. The SMILES string of the molecule is CCCCCCCC(=O)O[C@@H]1[C@H](O[C@]2(C(O)[C@@H](O)[C@@H](O)[C@H](O)[C@H](O)CO)O[C@H](COC(=O)CCCCC)[C@@H](OC(=O)CCCCC)[C@H](OC(=O)CCCCC)[C@@H]2OC(=O)CCCCCCC)O[C@H](COC(=O)CCCCC)[C@@H](OC(=O)CCCCC)[C@@H]1OC(=O)CCCCC. The first-order valence-corrected chi connectivity index (χ1v) is 36.2. The third kappa shape index (κ3) is 32.3. The van der Waals surface area contributed by atoms with Crippen molar-refractivity contribution in [1.82, 2.24) is 0 Å². The van der Waals surface area contributed by atoms with Gasteiger partial charge in [-0.1, -0.05) is 184 Å². The summed E-state index contributed by atoms with van der Waals surface area (Å²) in [6.07, 6.45) is -17.7. The molecule has 2 saturated heterocycles. The molecule has 0 aliphatic carbocycles. The normalized spacial score (nSPS) is 23.5. The summed E-state index contributed by atoms with van der Waals surface area (Å²) in [5, 5.41) is 69.8. The number of hydrogen-bond acceptors (Lipinski definition) is 25. The minimum absolute atomic E-state index is 0.0738. The van der Waals surface area contributed by atoms with Crippen LogP contribution in [0.5, 0.6) is 0 Å². The topological polar surface area (TPSA) is 359 Å². The Morgan fingerprint density at radius 3 is 1.04 bits per heavy atom. The van der Waals surface area contributed by atoms with Crippen molar-refractivity contribution >= 4 is 47.8 Å². The quantitative estimate of drug-likeness (QED) is 0.0187. The van der Waals surface area contributed by atoms with Gasteiger partial charge in [0.15, 0.2) is 36.6 Å². The Morgan fingerprint density at radius 1 is 0.347 bits per heavy atom. The lowest BCUT2D eigenvalue weighted by Gasteiger charge is -2.55. The predicted octanol–water partition coefficient (Wildman–Crippen LogP) is 9.38. The molecule has 2 aliphatic heterocycles. The molecule has 0 aromatic carbocycles. The van der Waals surface area contributed by atoms with Gasteiger partial charge >= 0.3 is 47.8 Å². The van der Waals surface area contributed by atoms with Crippen molar-refractivity contribution < 1.29 is 121 Å². The van der Waals surface area contributed by atoms with Gasteiger partial charge in [0, 0.05) is 51.4 Å². The molecule has 0 aromatic heterocycles. The van der Waals surface area contributed by atoms with E-state index in [1.54, 1.807) is 0 Å². The van der Waals surface area contributed by atoms with Crippen molar-refractivity contribution in [3.8, 4) is 0 Å². The molecule has 0 spiro atoms. The molecule has 6 N–H and O–H groups in total. The van der Waals surface area contributed by atoms with Crippen LogP contribution in [0.1, 0.15) is 287 Å². The standard InChI is InChI=1S/C70H122O25/c1-9-17-25-27-35-43-57(79)92-66-64(90-55(77)41-33-23-15-7)62(88-53(75)39-31-21-13-5)49(46-85-51(73)37-29-19-11-3)87-69(66)95-70(67(84)61(83)60(82)59(81)48(72)45-71)68(93-58(80)44-36-28-26-18-10-2)65(91-56(78)42-34-24-16-8)63(89-54(76)40-32-22-14-6)50(94-70)47-86-52(74)38-30-20-12-4/h48-50,59-69,71-72,81-84H,9-47H2,1-8H3/t48-,49-,50-,59-,60+,61+,62-,63-,64+,65+,66+,67?,68+,69+,70+/m1/s1. The van der Waals surface area contributed by atoms with Gasteiger partial charge in [0.05, 0.1) is 6.61 Å². The van der Waals surface area contributed by atoms with Crippen LogP contribution in [0.2, 0.25) is 0 Å². The highest BCUT2D eigenvalue weighted by Crippen LogP contribution is 2.45. The number of ether oxygens (including phenoxy) is 11. The Balaban J connectivity index is 3.52. The molecular weight excluding hydrogens is 1240 g/mol. The third-order valence-electron chi connectivity index (χ3n) is 16.9. The Kier molecular flexibility index (Phi) is 46.1. The minimum atomic E-state index is -3.53. The maximum absolute atomic E-state index is 14.8. The van der Waals surface area contributed by atoms with Crippen LogP contribution in [0.4, 0.5) is 0 Å². The number of aliphatic hydroxyl groups excluding tert-OH is 6. The second-order valence-electron chi connectivity index (χ2n) is 25.3. The Bertz CT molecular complexity index is 2150. The monoisotopic (exact) mass is 1360 g/mol. The van der Waals surface area contributed by atoms with Gasteiger partial charge in [-0.3, -0.25) is 38.4 Å². The van der Waals surface area contributed by atoms with Gasteiger partial charge in [0.1, 0.15) is 55.9 Å². The van der Waals surface area contributed by atoms with E-state index < -0.39 is 159 Å². The van der Waals surface area contributed by atoms with Gasteiger partial charge in [0.25, 0.3) is 0 Å². The summed E-state index contributed by atoms with van der Waals surface area (Å²) in [5.41, 5.74) is 0. The van der Waals surface area contributed by atoms with E-state index in [9.17, 15) is 69.0 Å². The first-order valence-electron chi connectivity index (χ1n) is 36.2. The van der Waals surface area contributed by atoms with Crippen LogP contribution in [-0.2, 0) is 90.5 Å². The molecule has 0 bridgehead atoms. The van der Waals surface area contributed by atoms with E-state index in [1.165, 1.54) is 0 Å². The Labute approximate surface area is 564 Å². The lowest BCUT2D eigenvalue weighted by atomic mass is 9.84. The molecular formula is C70H122O25. The van der Waals surface area contributed by atoms with Crippen LogP contribution in [0.3, 0.4) is 0 Å². The number of hydrogen-bond donors (Lipinski definition) is 6. The number of carbonyl (C=O) groups is 8. The molecule has 2 heterocycles. The highest BCUT2D eigenvalue weighted by Gasteiger charge is 2.69. The van der Waals surface area contributed by atoms with E-state index in [2.05, 4.69) is 0 Å². The lowest BCUT2D eigenvalue weighted by Crippen LogP contribution is -2.76. The zero-order chi connectivity index (χ0) is 70.6. The van der Waals surface area contributed by atoms with Crippen molar-refractivity contribution in [2.75, 3.05) is 19.8 Å². The van der Waals surface area contributed by atoms with Crippen molar-refractivity contribution in [1.29, 1.82) is 0 Å². The summed E-state index contributed by atoms with van der Waals surface area (Å²) >= 11 is 0. The number of unbranched alkanes of at least 4 members (excludes halogenated alkanes) is 20. The minimum Gasteiger partial charge on any atom is -0.463 e. The van der Waals surface area contributed by atoms with E-state index in [0.717, 1.165) is 44.9 Å². The van der Waals surface area contributed by atoms with Crippen LogP contribution in [0.15, 0.2) is 0 Å². The van der Waals surface area contributed by atoms with E-state index in [1.807, 2.05) is 55.4 Å². The van der Waals surface area contributed by atoms with E-state index >= 15 is 0 Å². The van der Waals surface area contributed by atoms with Crippen LogP contribution in [0.25, 0.3) is 0 Å². The smallest absolute Gasteiger partial charge is 0.306 e. The van der Waals surface area contributed by atoms with Gasteiger partial charge < -0.3 is 82.7 Å². The van der Waals surface area contributed by atoms with Gasteiger partial charge in [-0.15, -0.1) is 0 Å². The van der Waals surface area contributed by atoms with Crippen LogP contribution in [-0.4, -0.2) is 190 Å². The van der Waals surface area contributed by atoms with E-state index in [0.29, 0.717) is 116 Å². The molecule has 25 nitrogen and oxygen atoms in total. The summed E-state index contributed by atoms with van der Waals surface area (Å²) in [6.45, 7) is 12.6. The average Bonchev–Trinajstić information content (AvgIpc) is 0.728. The predicted molar refractivity (Wildman–Crippen MR) is 347 cm³/mol. The van der Waals surface area contributed by atoms with Gasteiger partial charge in [-0.25, -0.2) is 0 Å². The Morgan fingerprint density at radius 2 is 0.653 bits per heavy atom. The van der Waals surface area contributed by atoms with E-state index in [-0.39, 0.29) is 70.6 Å². The molecule has 2 aliphatic rings. The lowest BCUT2D eigenvalue weighted by molar-refractivity contribution is -0.446. The molecule has 0 aromatic rings. The van der Waals surface area contributed by atoms with Crippen LogP contribution in [0, 0.1) is 0 Å². The number of esters is 8. The highest BCUT2D eigenvalue weighted by atomic mass is 16.8. The zero-order valence-corrected chi connectivity index (χ0v) is 58.6. The van der Waals surface area contributed by atoms with Crippen LogP contribution < -0.4 is 0 Å². The summed E-state index contributed by atoms with van der Waals surface area (Å²) in [4.78, 5) is 114.